The molecule has 3 heterocycles. The van der Waals surface area contributed by atoms with Gasteiger partial charge in [-0.15, -0.1) is 0 Å². The fraction of sp³-hybridized carbons (Fsp3) is 0.240. The Kier molecular flexibility index (Phi) is 5.43. The summed E-state index contributed by atoms with van der Waals surface area (Å²) in [6.45, 7) is 6.32. The predicted molar refractivity (Wildman–Crippen MR) is 126 cm³/mol. The van der Waals surface area contributed by atoms with Gasteiger partial charge in [0.25, 0.3) is 5.56 Å². The molecule has 0 radical (unpaired) electrons. The Bertz CT molecular complexity index is 1320. The van der Waals surface area contributed by atoms with Crippen LogP contribution in [-0.4, -0.2) is 45.7 Å². The first-order valence-electron chi connectivity index (χ1n) is 10.7. The molecule has 1 aliphatic rings. The third-order valence-corrected chi connectivity index (χ3v) is 5.91. The molecule has 0 unspecified atom stereocenters. The number of nitrogens with two attached hydrogens (primary N) is 1. The molecule has 4 aromatic rings. The van der Waals surface area contributed by atoms with Gasteiger partial charge < -0.3 is 10.5 Å². The zero-order valence-electron chi connectivity index (χ0n) is 18.0. The Morgan fingerprint density at radius 3 is 2.62 bits per heavy atom. The number of benzene rings is 2. The van der Waals surface area contributed by atoms with Gasteiger partial charge in [0.15, 0.2) is 0 Å². The number of hydrogen-bond acceptors (Lipinski definition) is 6. The summed E-state index contributed by atoms with van der Waals surface area (Å²) in [5.74, 6) is 0.237. The minimum absolute atomic E-state index is 0.0540. The summed E-state index contributed by atoms with van der Waals surface area (Å²) in [5, 5.41) is 0.846. The number of hydrogen-bond donors (Lipinski definition) is 1. The fourth-order valence-corrected chi connectivity index (χ4v) is 4.16. The van der Waals surface area contributed by atoms with E-state index in [2.05, 4.69) is 27.0 Å². The van der Waals surface area contributed by atoms with Crippen molar-refractivity contribution in [3.05, 3.63) is 82.4 Å². The zero-order valence-corrected chi connectivity index (χ0v) is 18.0. The molecular weight excluding hydrogens is 402 g/mol. The molecule has 5 rings (SSSR count). The summed E-state index contributed by atoms with van der Waals surface area (Å²) in [6, 6.07) is 15.9. The van der Waals surface area contributed by atoms with E-state index in [9.17, 15) is 4.79 Å². The second-order valence-electron chi connectivity index (χ2n) is 8.11. The van der Waals surface area contributed by atoms with Crippen molar-refractivity contribution in [3.63, 3.8) is 0 Å². The quantitative estimate of drug-likeness (QED) is 0.538. The Morgan fingerprint density at radius 1 is 1.06 bits per heavy atom. The van der Waals surface area contributed by atoms with Crippen LogP contribution in [0.4, 0.5) is 5.95 Å². The molecule has 7 heteroatoms. The second-order valence-corrected chi connectivity index (χ2v) is 8.11. The third kappa shape index (κ3) is 4.00. The number of aryl methyl sites for hydroxylation is 1. The van der Waals surface area contributed by atoms with Crippen LogP contribution in [0.5, 0.6) is 0 Å². The van der Waals surface area contributed by atoms with E-state index in [1.54, 1.807) is 10.8 Å². The fourth-order valence-electron chi connectivity index (χ4n) is 4.16. The minimum Gasteiger partial charge on any atom is -0.379 e. The van der Waals surface area contributed by atoms with Gasteiger partial charge in [-0.05, 0) is 53.9 Å². The van der Waals surface area contributed by atoms with Crippen molar-refractivity contribution in [2.75, 3.05) is 32.0 Å². The monoisotopic (exact) mass is 427 g/mol. The number of nitrogen functional groups attached to an aromatic ring is 1. The summed E-state index contributed by atoms with van der Waals surface area (Å²) in [5.41, 5.74) is 10.9. The maximum Gasteiger partial charge on any atom is 0.263 e. The van der Waals surface area contributed by atoms with E-state index in [1.807, 2.05) is 49.5 Å². The van der Waals surface area contributed by atoms with Gasteiger partial charge in [-0.25, -0.2) is 9.97 Å². The highest BCUT2D eigenvalue weighted by molar-refractivity contribution is 5.85. The van der Waals surface area contributed by atoms with Crippen molar-refractivity contribution >= 4 is 16.9 Å². The van der Waals surface area contributed by atoms with E-state index < -0.39 is 0 Å². The lowest BCUT2D eigenvalue weighted by Gasteiger charge is -2.26. The number of morpholine rings is 1. The van der Waals surface area contributed by atoms with E-state index in [-0.39, 0.29) is 11.5 Å². The molecule has 0 bridgehead atoms. The molecule has 0 saturated carbocycles. The number of fused-ring (bicyclic) bond motifs is 1. The van der Waals surface area contributed by atoms with Crippen LogP contribution in [0, 0.1) is 6.92 Å². The lowest BCUT2D eigenvalue weighted by Crippen LogP contribution is -2.35. The Hall–Kier alpha value is -3.55. The first kappa shape index (κ1) is 20.4. The Labute approximate surface area is 186 Å². The lowest BCUT2D eigenvalue weighted by molar-refractivity contribution is 0.0342. The number of pyridine rings is 1. The number of nitrogens with zero attached hydrogens (tertiary/aromatic N) is 4. The number of aromatic nitrogens is 3. The van der Waals surface area contributed by atoms with Crippen molar-refractivity contribution in [2.24, 2.45) is 0 Å². The SMILES string of the molecule is Cc1ccn(-c2ccc(CN3CCOCC3)cc2)c(=O)c1-c1ccc2nc(N)ncc2c1. The molecule has 32 heavy (non-hydrogen) atoms. The van der Waals surface area contributed by atoms with Crippen molar-refractivity contribution in [2.45, 2.75) is 13.5 Å². The normalized spacial score (nSPS) is 14.7. The first-order valence-corrected chi connectivity index (χ1v) is 10.7. The van der Waals surface area contributed by atoms with Gasteiger partial charge in [0.05, 0.1) is 24.3 Å². The molecule has 1 fully saturated rings. The molecular formula is C25H25N5O2. The summed E-state index contributed by atoms with van der Waals surface area (Å²) in [4.78, 5) is 24.2. The summed E-state index contributed by atoms with van der Waals surface area (Å²) in [7, 11) is 0. The molecule has 2 aromatic carbocycles. The maximum atomic E-state index is 13.5. The van der Waals surface area contributed by atoms with Gasteiger partial charge in [0, 0.05) is 43.1 Å². The van der Waals surface area contributed by atoms with Gasteiger partial charge in [0.1, 0.15) is 0 Å². The van der Waals surface area contributed by atoms with Crippen molar-refractivity contribution in [1.29, 1.82) is 0 Å². The van der Waals surface area contributed by atoms with Crippen LogP contribution in [0.3, 0.4) is 0 Å². The highest BCUT2D eigenvalue weighted by atomic mass is 16.5. The van der Waals surface area contributed by atoms with E-state index in [0.717, 1.165) is 60.6 Å². The topological polar surface area (TPSA) is 86.3 Å². The van der Waals surface area contributed by atoms with Crippen LogP contribution in [0.1, 0.15) is 11.1 Å². The van der Waals surface area contributed by atoms with E-state index in [1.165, 1.54) is 5.56 Å². The van der Waals surface area contributed by atoms with Crippen molar-refractivity contribution < 1.29 is 4.74 Å². The standard InChI is InChI=1S/C25H25N5O2/c1-17-8-9-30(21-5-2-18(3-6-21)16-29-10-12-32-13-11-29)24(31)23(17)19-4-7-22-20(14-19)15-27-25(26)28-22/h2-9,14-15H,10-13,16H2,1H3,(H2,26,27,28). The van der Waals surface area contributed by atoms with Crippen LogP contribution in [-0.2, 0) is 11.3 Å². The van der Waals surface area contributed by atoms with Crippen LogP contribution >= 0.6 is 0 Å². The van der Waals surface area contributed by atoms with Crippen molar-refractivity contribution in [1.82, 2.24) is 19.4 Å². The number of anilines is 1. The molecule has 2 aromatic heterocycles. The lowest BCUT2D eigenvalue weighted by atomic mass is 10.0. The van der Waals surface area contributed by atoms with E-state index >= 15 is 0 Å². The highest BCUT2D eigenvalue weighted by Crippen LogP contribution is 2.24. The van der Waals surface area contributed by atoms with Crippen LogP contribution in [0.15, 0.2) is 65.7 Å². The average Bonchev–Trinajstić information content (AvgIpc) is 2.81. The number of rotatable bonds is 4. The maximum absolute atomic E-state index is 13.5. The predicted octanol–water partition coefficient (Wildman–Crippen LogP) is 3.17. The number of ether oxygens (including phenoxy) is 1. The molecule has 162 valence electrons. The molecule has 0 atom stereocenters. The molecule has 1 aliphatic heterocycles. The largest absolute Gasteiger partial charge is 0.379 e. The first-order chi connectivity index (χ1) is 15.6. The average molecular weight is 428 g/mol. The third-order valence-electron chi connectivity index (χ3n) is 5.91. The van der Waals surface area contributed by atoms with Gasteiger partial charge >= 0.3 is 0 Å². The van der Waals surface area contributed by atoms with Crippen LogP contribution in [0.25, 0.3) is 27.7 Å². The molecule has 0 aliphatic carbocycles. The second kappa shape index (κ2) is 8.53. The van der Waals surface area contributed by atoms with Gasteiger partial charge in [0.2, 0.25) is 5.95 Å². The van der Waals surface area contributed by atoms with E-state index in [4.69, 9.17) is 10.5 Å². The summed E-state index contributed by atoms with van der Waals surface area (Å²) in [6.07, 6.45) is 3.52. The van der Waals surface area contributed by atoms with Crippen molar-refractivity contribution in [3.8, 4) is 16.8 Å². The minimum atomic E-state index is -0.0540. The van der Waals surface area contributed by atoms with Crippen LogP contribution < -0.4 is 11.3 Å². The smallest absolute Gasteiger partial charge is 0.263 e. The molecule has 0 amide bonds. The van der Waals surface area contributed by atoms with Gasteiger partial charge in [-0.3, -0.25) is 14.3 Å². The van der Waals surface area contributed by atoms with Gasteiger partial charge in [-0.1, -0.05) is 18.2 Å². The molecule has 0 spiro atoms. The van der Waals surface area contributed by atoms with Crippen LogP contribution in [0.2, 0.25) is 0 Å². The summed E-state index contributed by atoms with van der Waals surface area (Å²) >= 11 is 0. The Balaban J connectivity index is 1.48. The molecule has 7 nitrogen and oxygen atoms in total. The summed E-state index contributed by atoms with van der Waals surface area (Å²) < 4.78 is 7.12. The van der Waals surface area contributed by atoms with Gasteiger partial charge in [-0.2, -0.15) is 0 Å². The van der Waals surface area contributed by atoms with E-state index in [0.29, 0.717) is 5.56 Å². The zero-order chi connectivity index (χ0) is 22.1. The highest BCUT2D eigenvalue weighted by Gasteiger charge is 2.13. The molecule has 1 saturated heterocycles. The molecule has 2 N–H and O–H groups in total. The Morgan fingerprint density at radius 2 is 1.84 bits per heavy atom.